The first-order valence-electron chi connectivity index (χ1n) is 11.5. The Labute approximate surface area is 195 Å². The zero-order valence-electron chi connectivity index (χ0n) is 19.4. The summed E-state index contributed by atoms with van der Waals surface area (Å²) in [5.74, 6) is 1.85. The molecule has 3 aromatic carbocycles. The first kappa shape index (κ1) is 22.6. The molecule has 0 fully saturated rings. The fraction of sp³-hybridized carbons (Fsp3) is 0.286. The second kappa shape index (κ2) is 10.8. The van der Waals surface area contributed by atoms with Crippen molar-refractivity contribution in [3.05, 3.63) is 95.3 Å². The lowest BCUT2D eigenvalue weighted by Gasteiger charge is -2.12. The van der Waals surface area contributed by atoms with Crippen molar-refractivity contribution in [2.45, 2.75) is 46.2 Å². The highest BCUT2D eigenvalue weighted by Gasteiger charge is 2.12. The van der Waals surface area contributed by atoms with Crippen LogP contribution in [0.1, 0.15) is 35.4 Å². The van der Waals surface area contributed by atoms with Crippen molar-refractivity contribution in [3.63, 3.8) is 0 Å². The van der Waals surface area contributed by atoms with Crippen molar-refractivity contribution in [1.82, 2.24) is 14.9 Å². The number of carbonyl (C=O) groups excluding carboxylic acids is 1. The van der Waals surface area contributed by atoms with Gasteiger partial charge < -0.3 is 14.6 Å². The maximum absolute atomic E-state index is 12.4. The van der Waals surface area contributed by atoms with Crippen LogP contribution in [0.3, 0.4) is 0 Å². The van der Waals surface area contributed by atoms with Gasteiger partial charge in [0.05, 0.1) is 24.2 Å². The highest BCUT2D eigenvalue weighted by molar-refractivity contribution is 5.77. The van der Waals surface area contributed by atoms with E-state index in [2.05, 4.69) is 48.0 Å². The SMILES string of the molecule is Cc1ccc(C)c(OCCCn2c(CNC(=O)CCc3ccccc3)nc3ccccc32)c1. The number of hydrogen-bond donors (Lipinski definition) is 1. The largest absolute Gasteiger partial charge is 0.493 e. The average Bonchev–Trinajstić information content (AvgIpc) is 3.19. The molecule has 0 bridgehead atoms. The number of ether oxygens (including phenoxy) is 1. The van der Waals surface area contributed by atoms with Crippen LogP contribution in [0.4, 0.5) is 0 Å². The predicted octanol–water partition coefficient (Wildman–Crippen LogP) is 5.37. The molecule has 0 atom stereocenters. The van der Waals surface area contributed by atoms with E-state index in [1.165, 1.54) is 11.1 Å². The molecule has 0 aliphatic heterocycles. The van der Waals surface area contributed by atoms with Crippen LogP contribution in [0.25, 0.3) is 11.0 Å². The molecule has 0 radical (unpaired) electrons. The van der Waals surface area contributed by atoms with Gasteiger partial charge >= 0.3 is 0 Å². The van der Waals surface area contributed by atoms with Crippen molar-refractivity contribution in [3.8, 4) is 5.75 Å². The number of fused-ring (bicyclic) bond motifs is 1. The Morgan fingerprint density at radius 2 is 1.79 bits per heavy atom. The molecule has 0 aliphatic carbocycles. The number of para-hydroxylation sites is 2. The van der Waals surface area contributed by atoms with Crippen molar-refractivity contribution in [2.24, 2.45) is 0 Å². The molecular formula is C28H31N3O2. The highest BCUT2D eigenvalue weighted by atomic mass is 16.5. The molecular weight excluding hydrogens is 410 g/mol. The molecule has 33 heavy (non-hydrogen) atoms. The van der Waals surface area contributed by atoms with Crippen LogP contribution >= 0.6 is 0 Å². The van der Waals surface area contributed by atoms with Crippen molar-refractivity contribution in [2.75, 3.05) is 6.61 Å². The number of aryl methyl sites for hydroxylation is 4. The molecule has 170 valence electrons. The molecule has 0 spiro atoms. The smallest absolute Gasteiger partial charge is 0.220 e. The predicted molar refractivity (Wildman–Crippen MR) is 132 cm³/mol. The number of hydrogen-bond acceptors (Lipinski definition) is 3. The molecule has 1 amide bonds. The quantitative estimate of drug-likeness (QED) is 0.337. The van der Waals surface area contributed by atoms with Gasteiger partial charge in [-0.1, -0.05) is 54.6 Å². The molecule has 1 heterocycles. The van der Waals surface area contributed by atoms with Crippen LogP contribution in [0.2, 0.25) is 0 Å². The van der Waals surface area contributed by atoms with Gasteiger partial charge in [-0.3, -0.25) is 4.79 Å². The number of carbonyl (C=O) groups is 1. The second-order valence-corrected chi connectivity index (χ2v) is 8.40. The first-order valence-corrected chi connectivity index (χ1v) is 11.5. The van der Waals surface area contributed by atoms with E-state index < -0.39 is 0 Å². The summed E-state index contributed by atoms with van der Waals surface area (Å²) in [5.41, 5.74) is 5.54. The third-order valence-corrected chi connectivity index (χ3v) is 5.79. The minimum atomic E-state index is 0.0377. The Morgan fingerprint density at radius 1 is 1.00 bits per heavy atom. The fourth-order valence-electron chi connectivity index (χ4n) is 3.95. The number of imidazole rings is 1. The summed E-state index contributed by atoms with van der Waals surface area (Å²) in [6, 6.07) is 24.5. The fourth-order valence-corrected chi connectivity index (χ4v) is 3.95. The molecule has 0 saturated carbocycles. The second-order valence-electron chi connectivity index (χ2n) is 8.40. The van der Waals surface area contributed by atoms with Gasteiger partial charge in [-0.15, -0.1) is 0 Å². The Morgan fingerprint density at radius 3 is 2.64 bits per heavy atom. The summed E-state index contributed by atoms with van der Waals surface area (Å²) in [6.07, 6.45) is 2.05. The van der Waals surface area contributed by atoms with Crippen molar-refractivity contribution >= 4 is 16.9 Å². The zero-order chi connectivity index (χ0) is 23.0. The topological polar surface area (TPSA) is 56.1 Å². The monoisotopic (exact) mass is 441 g/mol. The Balaban J connectivity index is 1.36. The number of nitrogens with zero attached hydrogens (tertiary/aromatic N) is 2. The van der Waals surface area contributed by atoms with Gasteiger partial charge in [-0.25, -0.2) is 4.98 Å². The number of nitrogens with one attached hydrogen (secondary N) is 1. The number of amides is 1. The van der Waals surface area contributed by atoms with Gasteiger partial charge in [-0.05, 0) is 61.6 Å². The molecule has 1 N–H and O–H groups in total. The maximum atomic E-state index is 12.4. The van der Waals surface area contributed by atoms with E-state index in [-0.39, 0.29) is 5.91 Å². The van der Waals surface area contributed by atoms with Crippen molar-refractivity contribution < 1.29 is 9.53 Å². The van der Waals surface area contributed by atoms with Gasteiger partial charge in [-0.2, -0.15) is 0 Å². The van der Waals surface area contributed by atoms with E-state index >= 15 is 0 Å². The van der Waals surface area contributed by atoms with Gasteiger partial charge in [0.1, 0.15) is 11.6 Å². The van der Waals surface area contributed by atoms with E-state index in [0.29, 0.717) is 19.6 Å². The molecule has 4 aromatic rings. The minimum Gasteiger partial charge on any atom is -0.493 e. The molecule has 0 aliphatic rings. The normalized spacial score (nSPS) is 11.0. The Kier molecular flexibility index (Phi) is 7.40. The number of rotatable bonds is 10. The summed E-state index contributed by atoms with van der Waals surface area (Å²) in [6.45, 7) is 5.96. The number of aromatic nitrogens is 2. The summed E-state index contributed by atoms with van der Waals surface area (Å²) in [5, 5.41) is 3.05. The molecule has 0 unspecified atom stereocenters. The standard InChI is InChI=1S/C28H31N3O2/c1-21-13-14-22(2)26(19-21)33-18-8-17-31-25-12-7-6-11-24(25)30-27(31)20-29-28(32)16-15-23-9-4-3-5-10-23/h3-7,9-14,19H,8,15-18,20H2,1-2H3,(H,29,32). The summed E-state index contributed by atoms with van der Waals surface area (Å²) in [4.78, 5) is 17.2. The lowest BCUT2D eigenvalue weighted by atomic mass is 10.1. The van der Waals surface area contributed by atoms with E-state index in [1.807, 2.05) is 48.5 Å². The maximum Gasteiger partial charge on any atom is 0.220 e. The van der Waals surface area contributed by atoms with E-state index in [0.717, 1.165) is 47.6 Å². The van der Waals surface area contributed by atoms with Gasteiger partial charge in [0.2, 0.25) is 5.91 Å². The average molecular weight is 442 g/mol. The molecule has 4 rings (SSSR count). The van der Waals surface area contributed by atoms with Crippen LogP contribution < -0.4 is 10.1 Å². The zero-order valence-corrected chi connectivity index (χ0v) is 19.4. The van der Waals surface area contributed by atoms with Crippen LogP contribution in [0.15, 0.2) is 72.8 Å². The van der Waals surface area contributed by atoms with Crippen LogP contribution in [-0.2, 0) is 24.3 Å². The third kappa shape index (κ3) is 6.01. The summed E-state index contributed by atoms with van der Waals surface area (Å²) >= 11 is 0. The molecule has 0 saturated heterocycles. The summed E-state index contributed by atoms with van der Waals surface area (Å²) in [7, 11) is 0. The molecule has 5 heteroatoms. The van der Waals surface area contributed by atoms with Gasteiger partial charge in [0, 0.05) is 13.0 Å². The molecule has 5 nitrogen and oxygen atoms in total. The van der Waals surface area contributed by atoms with E-state index in [4.69, 9.17) is 9.72 Å². The van der Waals surface area contributed by atoms with Crippen LogP contribution in [0.5, 0.6) is 5.75 Å². The Hall–Kier alpha value is -3.60. The third-order valence-electron chi connectivity index (χ3n) is 5.79. The highest BCUT2D eigenvalue weighted by Crippen LogP contribution is 2.20. The number of benzene rings is 3. The van der Waals surface area contributed by atoms with Crippen LogP contribution in [0, 0.1) is 13.8 Å². The molecule has 1 aromatic heterocycles. The van der Waals surface area contributed by atoms with Crippen LogP contribution in [-0.4, -0.2) is 22.1 Å². The van der Waals surface area contributed by atoms with Gasteiger partial charge in [0.25, 0.3) is 0 Å². The minimum absolute atomic E-state index is 0.0377. The van der Waals surface area contributed by atoms with E-state index in [1.54, 1.807) is 0 Å². The Bertz CT molecular complexity index is 1210. The van der Waals surface area contributed by atoms with Crippen molar-refractivity contribution in [1.29, 1.82) is 0 Å². The summed E-state index contributed by atoms with van der Waals surface area (Å²) < 4.78 is 8.23. The first-order chi connectivity index (χ1) is 16.1. The lowest BCUT2D eigenvalue weighted by Crippen LogP contribution is -2.25. The lowest BCUT2D eigenvalue weighted by molar-refractivity contribution is -0.121. The van der Waals surface area contributed by atoms with Gasteiger partial charge in [0.15, 0.2) is 0 Å². The van der Waals surface area contributed by atoms with E-state index in [9.17, 15) is 4.79 Å².